The Morgan fingerprint density at radius 2 is 2.28 bits per heavy atom. The van der Waals surface area contributed by atoms with Crippen molar-refractivity contribution in [1.29, 1.82) is 0 Å². The molecule has 0 saturated carbocycles. The molecule has 1 aromatic carbocycles. The zero-order valence-corrected chi connectivity index (χ0v) is 9.75. The van der Waals surface area contributed by atoms with E-state index < -0.39 is 0 Å². The summed E-state index contributed by atoms with van der Waals surface area (Å²) in [5, 5.41) is 9.20. The van der Waals surface area contributed by atoms with Crippen molar-refractivity contribution < 1.29 is 9.53 Å². The molecule has 0 spiro atoms. The number of H-pyrrole nitrogens is 1. The Balaban J connectivity index is 2.25. The van der Waals surface area contributed by atoms with E-state index in [2.05, 4.69) is 20.5 Å². The Morgan fingerprint density at radius 1 is 1.44 bits per heavy atom. The Morgan fingerprint density at radius 3 is 2.94 bits per heavy atom. The summed E-state index contributed by atoms with van der Waals surface area (Å²) >= 11 is 0. The van der Waals surface area contributed by atoms with Crippen LogP contribution >= 0.6 is 0 Å². The number of nitrogens with one attached hydrogen (secondary N) is 2. The first-order valence-corrected chi connectivity index (χ1v) is 5.29. The zero-order valence-electron chi connectivity index (χ0n) is 9.75. The molecule has 2 aromatic rings. The monoisotopic (exact) mass is 244 g/mol. The number of rotatable bonds is 5. The third-order valence-electron chi connectivity index (χ3n) is 2.34. The predicted octanol–water partition coefficient (Wildman–Crippen LogP) is 1.70. The van der Waals surface area contributed by atoms with Crippen LogP contribution < -0.4 is 5.32 Å². The van der Waals surface area contributed by atoms with Crippen molar-refractivity contribution in [3.63, 3.8) is 0 Å². The Bertz CT molecular complexity index is 549. The normalized spacial score (nSPS) is 11.1. The number of carbonyl (C=O) groups is 1. The van der Waals surface area contributed by atoms with Crippen molar-refractivity contribution in [3.8, 4) is 0 Å². The van der Waals surface area contributed by atoms with Crippen LogP contribution in [0, 0.1) is 6.92 Å². The average Bonchev–Trinajstić information content (AvgIpc) is 2.88. The van der Waals surface area contributed by atoms with Crippen LogP contribution in [0.3, 0.4) is 0 Å². The summed E-state index contributed by atoms with van der Waals surface area (Å²) in [6.07, 6.45) is 2.93. The highest BCUT2D eigenvalue weighted by molar-refractivity contribution is 5.69. The molecular weight excluding hydrogens is 232 g/mol. The van der Waals surface area contributed by atoms with Gasteiger partial charge in [-0.2, -0.15) is 10.1 Å². The number of ether oxygens (including phenoxy) is 1. The van der Waals surface area contributed by atoms with Crippen LogP contribution in [0.1, 0.15) is 11.1 Å². The van der Waals surface area contributed by atoms with Crippen molar-refractivity contribution in [2.24, 2.45) is 0 Å². The van der Waals surface area contributed by atoms with Gasteiger partial charge in [0, 0.05) is 11.8 Å². The van der Waals surface area contributed by atoms with E-state index in [4.69, 9.17) is 4.74 Å². The highest BCUT2D eigenvalue weighted by Crippen LogP contribution is 2.19. The summed E-state index contributed by atoms with van der Waals surface area (Å²) in [5.74, 6) is 0.884. The second kappa shape index (κ2) is 5.62. The van der Waals surface area contributed by atoms with Crippen LogP contribution in [0.25, 0.3) is 5.76 Å². The average molecular weight is 244 g/mol. The van der Waals surface area contributed by atoms with Crippen LogP contribution in [0.15, 0.2) is 36.8 Å². The van der Waals surface area contributed by atoms with E-state index in [0.29, 0.717) is 18.2 Å². The fourth-order valence-electron chi connectivity index (χ4n) is 1.49. The molecular formula is C12H12N4O2. The molecule has 6 heteroatoms. The number of benzene rings is 1. The Labute approximate surface area is 104 Å². The van der Waals surface area contributed by atoms with Gasteiger partial charge in [0.15, 0.2) is 5.76 Å². The largest absolute Gasteiger partial charge is 0.427 e. The number of carbonyl (C=O) groups excluding carboxylic acids is 1. The van der Waals surface area contributed by atoms with E-state index in [-0.39, 0.29) is 0 Å². The molecule has 1 heterocycles. The van der Waals surface area contributed by atoms with E-state index in [0.717, 1.165) is 11.1 Å². The Hall–Kier alpha value is -2.63. The molecule has 1 aromatic heterocycles. The van der Waals surface area contributed by atoms with Crippen molar-refractivity contribution >= 4 is 18.2 Å². The summed E-state index contributed by atoms with van der Waals surface area (Å²) < 4.78 is 4.96. The molecule has 92 valence electrons. The van der Waals surface area contributed by atoms with Gasteiger partial charge >= 0.3 is 0 Å². The topological polar surface area (TPSA) is 79.9 Å². The van der Waals surface area contributed by atoms with Gasteiger partial charge in [-0.05, 0) is 12.5 Å². The second-order valence-electron chi connectivity index (χ2n) is 3.52. The van der Waals surface area contributed by atoms with Crippen LogP contribution in [-0.4, -0.2) is 21.7 Å². The molecule has 18 heavy (non-hydrogen) atoms. The number of aromatic nitrogens is 3. The standard InChI is InChI=1S/C12H12N4O2/c1-9-4-2-3-5-10(9)11(18-8-17)6-13-12-14-7-15-16-12/h2-8H,1H3,(H2,13,14,15,16)/b11-6-. The van der Waals surface area contributed by atoms with Crippen LogP contribution in [0.2, 0.25) is 0 Å². The minimum absolute atomic E-state index is 0.389. The minimum atomic E-state index is 0.389. The molecule has 6 nitrogen and oxygen atoms in total. The summed E-state index contributed by atoms with van der Waals surface area (Å²) in [6.45, 7) is 2.33. The maximum atomic E-state index is 10.5. The molecule has 0 unspecified atom stereocenters. The first kappa shape index (κ1) is 11.8. The molecule has 0 aliphatic carbocycles. The summed E-state index contributed by atoms with van der Waals surface area (Å²) in [5.41, 5.74) is 1.83. The van der Waals surface area contributed by atoms with Crippen LogP contribution in [0.5, 0.6) is 0 Å². The lowest BCUT2D eigenvalue weighted by molar-refractivity contribution is -0.122. The number of nitrogens with zero attached hydrogens (tertiary/aromatic N) is 2. The lowest BCUT2D eigenvalue weighted by atomic mass is 10.1. The van der Waals surface area contributed by atoms with E-state index in [9.17, 15) is 4.79 Å². The second-order valence-corrected chi connectivity index (χ2v) is 3.52. The highest BCUT2D eigenvalue weighted by Gasteiger charge is 2.06. The molecule has 2 N–H and O–H groups in total. The Kier molecular flexibility index (Phi) is 3.70. The molecule has 0 bridgehead atoms. The van der Waals surface area contributed by atoms with Crippen LogP contribution in [0.4, 0.5) is 5.95 Å². The summed E-state index contributed by atoms with van der Waals surface area (Å²) in [4.78, 5) is 14.4. The van der Waals surface area contributed by atoms with E-state index >= 15 is 0 Å². The smallest absolute Gasteiger partial charge is 0.298 e. The van der Waals surface area contributed by atoms with Crippen molar-refractivity contribution in [2.45, 2.75) is 6.92 Å². The lowest BCUT2D eigenvalue weighted by Crippen LogP contribution is -1.98. The quantitative estimate of drug-likeness (QED) is 0.618. The predicted molar refractivity (Wildman–Crippen MR) is 66.3 cm³/mol. The first-order valence-electron chi connectivity index (χ1n) is 5.29. The highest BCUT2D eigenvalue weighted by atomic mass is 16.5. The van der Waals surface area contributed by atoms with Crippen molar-refractivity contribution in [2.75, 3.05) is 5.32 Å². The fraction of sp³-hybridized carbons (Fsp3) is 0.0833. The van der Waals surface area contributed by atoms with E-state index in [1.54, 1.807) is 6.20 Å². The number of hydrogen-bond acceptors (Lipinski definition) is 5. The number of hydrogen-bond donors (Lipinski definition) is 2. The molecule has 0 aliphatic heterocycles. The van der Waals surface area contributed by atoms with Gasteiger partial charge in [-0.25, -0.2) is 5.10 Å². The van der Waals surface area contributed by atoms with Gasteiger partial charge in [-0.3, -0.25) is 4.79 Å². The van der Waals surface area contributed by atoms with E-state index in [1.807, 2.05) is 31.2 Å². The molecule has 0 amide bonds. The molecule has 2 rings (SSSR count). The summed E-state index contributed by atoms with van der Waals surface area (Å²) in [6, 6.07) is 7.60. The molecule has 0 saturated heterocycles. The minimum Gasteiger partial charge on any atom is -0.427 e. The van der Waals surface area contributed by atoms with E-state index in [1.165, 1.54) is 6.33 Å². The maximum absolute atomic E-state index is 10.5. The van der Waals surface area contributed by atoms with Gasteiger partial charge in [-0.15, -0.1) is 0 Å². The van der Waals surface area contributed by atoms with Gasteiger partial charge in [0.1, 0.15) is 6.33 Å². The van der Waals surface area contributed by atoms with Gasteiger partial charge in [0.25, 0.3) is 6.47 Å². The van der Waals surface area contributed by atoms with Crippen LogP contribution in [-0.2, 0) is 9.53 Å². The fourth-order valence-corrected chi connectivity index (χ4v) is 1.49. The van der Waals surface area contributed by atoms with Gasteiger partial charge in [0.2, 0.25) is 5.95 Å². The SMILES string of the molecule is Cc1ccccc1/C(=C/Nc1ncn[nH]1)OC=O. The van der Waals surface area contributed by atoms with Crippen molar-refractivity contribution in [3.05, 3.63) is 47.9 Å². The van der Waals surface area contributed by atoms with Gasteiger partial charge < -0.3 is 10.1 Å². The van der Waals surface area contributed by atoms with Gasteiger partial charge in [0.05, 0.1) is 0 Å². The molecule has 0 radical (unpaired) electrons. The lowest BCUT2D eigenvalue weighted by Gasteiger charge is -2.08. The van der Waals surface area contributed by atoms with Gasteiger partial charge in [-0.1, -0.05) is 24.3 Å². The maximum Gasteiger partial charge on any atom is 0.298 e. The number of aromatic amines is 1. The zero-order chi connectivity index (χ0) is 12.8. The van der Waals surface area contributed by atoms with Crippen molar-refractivity contribution in [1.82, 2.24) is 15.2 Å². The molecule has 0 aliphatic rings. The summed E-state index contributed by atoms with van der Waals surface area (Å²) in [7, 11) is 0. The molecule has 0 atom stereocenters. The third-order valence-corrected chi connectivity index (χ3v) is 2.34. The number of aryl methyl sites for hydroxylation is 1. The first-order chi connectivity index (χ1) is 8.81. The molecule has 0 fully saturated rings. The number of anilines is 1. The third kappa shape index (κ3) is 2.73.